The summed E-state index contributed by atoms with van der Waals surface area (Å²) in [4.78, 5) is -0.703. The molecule has 114 valence electrons. The molecule has 1 aromatic rings. The largest absolute Gasteiger partial charge is 0.326 e. The van der Waals surface area contributed by atoms with Crippen molar-refractivity contribution in [1.29, 1.82) is 0 Å². The van der Waals surface area contributed by atoms with Gasteiger partial charge in [0.1, 0.15) is 4.90 Å². The fourth-order valence-electron chi connectivity index (χ4n) is 1.59. The normalized spacial score (nSPS) is 13.4. The van der Waals surface area contributed by atoms with E-state index in [-0.39, 0.29) is 18.2 Å². The van der Waals surface area contributed by atoms with Crippen LogP contribution in [0.15, 0.2) is 17.0 Å². The second-order valence-corrected chi connectivity index (χ2v) is 7.28. The smallest absolute Gasteiger partial charge is 0.243 e. The second-order valence-electron chi connectivity index (χ2n) is 4.28. The molecule has 0 fully saturated rings. The lowest BCUT2D eigenvalue weighted by molar-refractivity contribution is 0.480. The van der Waals surface area contributed by atoms with Crippen molar-refractivity contribution in [3.63, 3.8) is 0 Å². The number of thioether (sulfide) groups is 1. The predicted molar refractivity (Wildman–Crippen MR) is 77.0 cm³/mol. The fourth-order valence-corrected chi connectivity index (χ4v) is 3.75. The molecule has 0 spiro atoms. The van der Waals surface area contributed by atoms with Crippen molar-refractivity contribution >= 4 is 21.8 Å². The van der Waals surface area contributed by atoms with Crippen LogP contribution in [0, 0.1) is 11.6 Å². The molecule has 0 bridgehead atoms. The molecular formula is C12H18F2N2O2S2. The van der Waals surface area contributed by atoms with Crippen LogP contribution in [0.2, 0.25) is 0 Å². The summed E-state index contributed by atoms with van der Waals surface area (Å²) in [5.41, 5.74) is 5.56. The Morgan fingerprint density at radius 3 is 2.60 bits per heavy atom. The summed E-state index contributed by atoms with van der Waals surface area (Å²) in [7, 11) is -4.11. The van der Waals surface area contributed by atoms with Crippen LogP contribution in [0.25, 0.3) is 0 Å². The summed E-state index contributed by atoms with van der Waals surface area (Å²) in [6.45, 7) is 3.55. The molecule has 0 aliphatic rings. The molecule has 8 heteroatoms. The van der Waals surface area contributed by atoms with Gasteiger partial charge in [0.25, 0.3) is 0 Å². The highest BCUT2D eigenvalue weighted by Gasteiger charge is 2.24. The van der Waals surface area contributed by atoms with Gasteiger partial charge in [0.05, 0.1) is 0 Å². The van der Waals surface area contributed by atoms with Crippen molar-refractivity contribution in [2.24, 2.45) is 5.73 Å². The van der Waals surface area contributed by atoms with E-state index in [9.17, 15) is 17.2 Å². The van der Waals surface area contributed by atoms with Crippen LogP contribution in [0.3, 0.4) is 0 Å². The maximum absolute atomic E-state index is 13.7. The van der Waals surface area contributed by atoms with Gasteiger partial charge in [-0.25, -0.2) is 21.9 Å². The van der Waals surface area contributed by atoms with Crippen molar-refractivity contribution in [3.05, 3.63) is 29.3 Å². The van der Waals surface area contributed by atoms with Gasteiger partial charge in [-0.2, -0.15) is 11.8 Å². The van der Waals surface area contributed by atoms with Crippen molar-refractivity contribution in [2.75, 3.05) is 11.5 Å². The number of nitrogens with two attached hydrogens (primary N) is 1. The third-order valence-corrected chi connectivity index (χ3v) is 5.24. The summed E-state index contributed by atoms with van der Waals surface area (Å²) in [5, 5.41) is 0. The molecule has 4 nitrogen and oxygen atoms in total. The number of hydrogen-bond acceptors (Lipinski definition) is 4. The Bertz CT molecular complexity index is 565. The Balaban J connectivity index is 3.06. The molecule has 1 rings (SSSR count). The Kier molecular flexibility index (Phi) is 6.38. The van der Waals surface area contributed by atoms with Gasteiger partial charge in [-0.3, -0.25) is 0 Å². The monoisotopic (exact) mass is 324 g/mol. The molecule has 20 heavy (non-hydrogen) atoms. The van der Waals surface area contributed by atoms with E-state index in [0.717, 1.165) is 17.9 Å². The van der Waals surface area contributed by atoms with Crippen LogP contribution in [-0.4, -0.2) is 26.0 Å². The average molecular weight is 324 g/mol. The zero-order valence-corrected chi connectivity index (χ0v) is 13.0. The molecule has 1 atom stereocenters. The maximum atomic E-state index is 13.7. The lowest BCUT2D eigenvalue weighted by Crippen LogP contribution is -2.35. The molecule has 1 aromatic carbocycles. The van der Waals surface area contributed by atoms with Crippen molar-refractivity contribution < 1.29 is 17.2 Å². The van der Waals surface area contributed by atoms with Crippen LogP contribution >= 0.6 is 11.8 Å². The topological polar surface area (TPSA) is 72.2 Å². The zero-order valence-electron chi connectivity index (χ0n) is 11.3. The lowest BCUT2D eigenvalue weighted by atomic mass is 10.2. The Hall–Kier alpha value is -0.700. The number of hydrogen-bond donors (Lipinski definition) is 2. The third-order valence-electron chi connectivity index (χ3n) is 2.51. The van der Waals surface area contributed by atoms with Crippen LogP contribution in [-0.2, 0) is 16.6 Å². The lowest BCUT2D eigenvalue weighted by Gasteiger charge is -2.14. The summed E-state index contributed by atoms with van der Waals surface area (Å²) < 4.78 is 53.5. The SMILES string of the molecule is CCSCC(C)NS(=O)(=O)c1cc(CN)cc(F)c1F. The minimum atomic E-state index is -4.11. The molecule has 0 radical (unpaired) electrons. The van der Waals surface area contributed by atoms with Gasteiger partial charge < -0.3 is 5.73 Å². The molecule has 1 unspecified atom stereocenters. The number of sulfonamides is 1. The van der Waals surface area contributed by atoms with Crippen molar-refractivity contribution in [2.45, 2.75) is 31.3 Å². The maximum Gasteiger partial charge on any atom is 0.243 e. The Labute approximate surface area is 122 Å². The van der Waals surface area contributed by atoms with Crippen LogP contribution < -0.4 is 10.5 Å². The molecule has 0 aliphatic carbocycles. The van der Waals surface area contributed by atoms with E-state index < -0.39 is 26.6 Å². The molecular weight excluding hydrogens is 306 g/mol. The van der Waals surface area contributed by atoms with E-state index in [0.29, 0.717) is 5.75 Å². The minimum absolute atomic E-state index is 0.0685. The van der Waals surface area contributed by atoms with E-state index in [4.69, 9.17) is 5.73 Å². The van der Waals surface area contributed by atoms with Gasteiger partial charge >= 0.3 is 0 Å². The summed E-state index contributed by atoms with van der Waals surface area (Å²) in [6, 6.07) is 1.57. The molecule has 3 N–H and O–H groups in total. The summed E-state index contributed by atoms with van der Waals surface area (Å²) in [5.74, 6) is -1.21. The molecule has 0 saturated carbocycles. The first-order chi connectivity index (χ1) is 9.31. The second kappa shape index (κ2) is 7.35. The molecule has 0 aromatic heterocycles. The van der Waals surface area contributed by atoms with Crippen LogP contribution in [0.5, 0.6) is 0 Å². The highest BCUT2D eigenvalue weighted by Crippen LogP contribution is 2.20. The van der Waals surface area contributed by atoms with Crippen molar-refractivity contribution in [1.82, 2.24) is 4.72 Å². The van der Waals surface area contributed by atoms with Crippen LogP contribution in [0.1, 0.15) is 19.4 Å². The Morgan fingerprint density at radius 2 is 2.05 bits per heavy atom. The number of benzene rings is 1. The van der Waals surface area contributed by atoms with E-state index in [1.165, 1.54) is 0 Å². The third kappa shape index (κ3) is 4.41. The van der Waals surface area contributed by atoms with E-state index in [1.54, 1.807) is 18.7 Å². The van der Waals surface area contributed by atoms with Crippen LogP contribution in [0.4, 0.5) is 8.78 Å². The van der Waals surface area contributed by atoms with E-state index in [2.05, 4.69) is 4.72 Å². The molecule has 0 amide bonds. The highest BCUT2D eigenvalue weighted by molar-refractivity contribution is 7.99. The number of rotatable bonds is 7. The van der Waals surface area contributed by atoms with Gasteiger partial charge in [-0.1, -0.05) is 6.92 Å². The van der Waals surface area contributed by atoms with E-state index >= 15 is 0 Å². The summed E-state index contributed by atoms with van der Waals surface area (Å²) >= 11 is 1.55. The molecule has 0 heterocycles. The van der Waals surface area contributed by atoms with Gasteiger partial charge in [-0.05, 0) is 30.4 Å². The van der Waals surface area contributed by atoms with Gasteiger partial charge in [0.15, 0.2) is 11.6 Å². The quantitative estimate of drug-likeness (QED) is 0.803. The van der Waals surface area contributed by atoms with Gasteiger partial charge in [0.2, 0.25) is 10.0 Å². The molecule has 0 aliphatic heterocycles. The van der Waals surface area contributed by atoms with Gasteiger partial charge in [-0.15, -0.1) is 0 Å². The standard InChI is InChI=1S/C12H18F2N2O2S2/c1-3-19-7-8(2)16-20(17,18)11-5-9(6-15)4-10(13)12(11)14/h4-5,8,16H,3,6-7,15H2,1-2H3. The minimum Gasteiger partial charge on any atom is -0.326 e. The van der Waals surface area contributed by atoms with E-state index in [1.807, 2.05) is 6.92 Å². The fraction of sp³-hybridized carbons (Fsp3) is 0.500. The zero-order chi connectivity index (χ0) is 15.3. The summed E-state index contributed by atoms with van der Waals surface area (Å²) in [6.07, 6.45) is 0. The first-order valence-electron chi connectivity index (χ1n) is 6.09. The number of halogens is 2. The molecule has 0 saturated heterocycles. The predicted octanol–water partition coefficient (Wildman–Crippen LogP) is 1.84. The first kappa shape index (κ1) is 17.4. The first-order valence-corrected chi connectivity index (χ1v) is 8.73. The Morgan fingerprint density at radius 1 is 1.40 bits per heavy atom. The average Bonchev–Trinajstić information content (AvgIpc) is 2.38. The van der Waals surface area contributed by atoms with Gasteiger partial charge in [0, 0.05) is 18.3 Å². The number of nitrogens with one attached hydrogen (secondary N) is 1. The van der Waals surface area contributed by atoms with Crippen molar-refractivity contribution in [3.8, 4) is 0 Å². The highest BCUT2D eigenvalue weighted by atomic mass is 32.2.